The molecular formula is C65H42N2O. The van der Waals surface area contributed by atoms with Gasteiger partial charge in [0, 0.05) is 27.5 Å². The molecule has 68 heavy (non-hydrogen) atoms. The predicted molar refractivity (Wildman–Crippen MR) is 279 cm³/mol. The quantitative estimate of drug-likeness (QED) is 0.153. The van der Waals surface area contributed by atoms with E-state index >= 15 is 0 Å². The van der Waals surface area contributed by atoms with Gasteiger partial charge in [0.05, 0.1) is 16.8 Å². The average molecular weight is 867 g/mol. The summed E-state index contributed by atoms with van der Waals surface area (Å²) in [5.74, 6) is 0.664. The number of rotatable bonds is 8. The molecule has 0 aliphatic heterocycles. The van der Waals surface area contributed by atoms with E-state index in [0.29, 0.717) is 5.82 Å². The third-order valence-corrected chi connectivity index (χ3v) is 13.8. The fourth-order valence-electron chi connectivity index (χ4n) is 10.8. The van der Waals surface area contributed by atoms with Crippen molar-refractivity contribution < 1.29 is 4.42 Å². The fourth-order valence-corrected chi connectivity index (χ4v) is 10.8. The van der Waals surface area contributed by atoms with Crippen LogP contribution in [0.2, 0.25) is 0 Å². The van der Waals surface area contributed by atoms with Crippen LogP contribution in [0, 0.1) is 0 Å². The van der Waals surface area contributed by atoms with Crippen molar-refractivity contribution in [2.24, 2.45) is 0 Å². The lowest BCUT2D eigenvalue weighted by molar-refractivity contribution is 0.669. The molecule has 3 heteroatoms. The molecule has 0 saturated heterocycles. The van der Waals surface area contributed by atoms with Crippen molar-refractivity contribution in [2.45, 2.75) is 5.41 Å². The molecule has 2 aromatic heterocycles. The van der Waals surface area contributed by atoms with Gasteiger partial charge in [-0.05, 0) is 109 Å². The van der Waals surface area contributed by atoms with Gasteiger partial charge >= 0.3 is 0 Å². The second kappa shape index (κ2) is 16.2. The molecule has 0 unspecified atom stereocenters. The van der Waals surface area contributed by atoms with Crippen LogP contribution in [-0.4, -0.2) is 9.97 Å². The fraction of sp³-hybridized carbons (Fsp3) is 0.0154. The van der Waals surface area contributed by atoms with Gasteiger partial charge in [-0.1, -0.05) is 212 Å². The topological polar surface area (TPSA) is 38.9 Å². The first-order valence-electron chi connectivity index (χ1n) is 23.2. The van der Waals surface area contributed by atoms with E-state index < -0.39 is 5.41 Å². The number of benzene rings is 10. The van der Waals surface area contributed by atoms with E-state index in [1.165, 1.54) is 33.4 Å². The van der Waals surface area contributed by atoms with Gasteiger partial charge in [-0.3, -0.25) is 0 Å². The molecule has 0 amide bonds. The van der Waals surface area contributed by atoms with Gasteiger partial charge in [0.1, 0.15) is 11.2 Å². The van der Waals surface area contributed by atoms with Crippen LogP contribution in [-0.2, 0) is 5.41 Å². The largest absolute Gasteiger partial charge is 0.456 e. The molecule has 0 fully saturated rings. The van der Waals surface area contributed by atoms with Crippen LogP contribution in [0.25, 0.3) is 100 Å². The third-order valence-electron chi connectivity index (χ3n) is 13.8. The minimum absolute atomic E-state index is 0.517. The summed E-state index contributed by atoms with van der Waals surface area (Å²) >= 11 is 0. The lowest BCUT2D eigenvalue weighted by Crippen LogP contribution is -2.28. The molecule has 0 radical (unpaired) electrons. The Kier molecular flexibility index (Phi) is 9.40. The summed E-state index contributed by atoms with van der Waals surface area (Å²) < 4.78 is 6.38. The Morgan fingerprint density at radius 1 is 0.294 bits per heavy atom. The van der Waals surface area contributed by atoms with E-state index in [9.17, 15) is 0 Å². The van der Waals surface area contributed by atoms with Crippen LogP contribution >= 0.6 is 0 Å². The van der Waals surface area contributed by atoms with Gasteiger partial charge in [-0.2, -0.15) is 0 Å². The summed E-state index contributed by atoms with van der Waals surface area (Å²) in [6.45, 7) is 0. The van der Waals surface area contributed by atoms with Crippen molar-refractivity contribution in [2.75, 3.05) is 0 Å². The maximum Gasteiger partial charge on any atom is 0.160 e. The van der Waals surface area contributed by atoms with Gasteiger partial charge in [0.2, 0.25) is 0 Å². The third kappa shape index (κ3) is 6.43. The molecule has 0 N–H and O–H groups in total. The van der Waals surface area contributed by atoms with Crippen LogP contribution in [0.4, 0.5) is 0 Å². The summed E-state index contributed by atoms with van der Waals surface area (Å²) in [4.78, 5) is 10.8. The maximum atomic E-state index is 6.38. The van der Waals surface area contributed by atoms with Gasteiger partial charge in [-0.25, -0.2) is 9.97 Å². The molecular weight excluding hydrogens is 825 g/mol. The van der Waals surface area contributed by atoms with Gasteiger partial charge in [-0.15, -0.1) is 0 Å². The van der Waals surface area contributed by atoms with E-state index in [1.54, 1.807) is 0 Å². The highest BCUT2D eigenvalue weighted by molar-refractivity contribution is 6.13. The van der Waals surface area contributed by atoms with Crippen molar-refractivity contribution in [1.29, 1.82) is 0 Å². The predicted octanol–water partition coefficient (Wildman–Crippen LogP) is 16.7. The van der Waals surface area contributed by atoms with E-state index in [1.807, 2.05) is 18.2 Å². The lowest BCUT2D eigenvalue weighted by atomic mass is 9.67. The molecule has 2 heterocycles. The van der Waals surface area contributed by atoms with E-state index in [0.717, 1.165) is 83.4 Å². The van der Waals surface area contributed by atoms with Crippen LogP contribution in [0.3, 0.4) is 0 Å². The molecule has 318 valence electrons. The number of hydrogen-bond acceptors (Lipinski definition) is 3. The smallest absolute Gasteiger partial charge is 0.160 e. The molecule has 1 aliphatic carbocycles. The highest BCUT2D eigenvalue weighted by Gasteiger charge is 2.46. The Balaban J connectivity index is 1.04. The van der Waals surface area contributed by atoms with Crippen LogP contribution in [0.1, 0.15) is 22.3 Å². The molecule has 0 atom stereocenters. The van der Waals surface area contributed by atoms with Crippen molar-refractivity contribution in [3.8, 4) is 78.4 Å². The molecule has 1 aliphatic rings. The summed E-state index contributed by atoms with van der Waals surface area (Å²) in [6, 6.07) is 91.3. The highest BCUT2D eigenvalue weighted by atomic mass is 16.3. The number of furan rings is 1. The summed E-state index contributed by atoms with van der Waals surface area (Å²) in [5.41, 5.74) is 20.1. The van der Waals surface area contributed by atoms with Crippen molar-refractivity contribution in [3.63, 3.8) is 0 Å². The zero-order valence-electron chi connectivity index (χ0n) is 37.1. The molecule has 10 aromatic carbocycles. The molecule has 0 spiro atoms. The Hall–Kier alpha value is -8.92. The van der Waals surface area contributed by atoms with Gasteiger partial charge in [0.15, 0.2) is 5.82 Å². The van der Waals surface area contributed by atoms with E-state index in [-0.39, 0.29) is 0 Å². The maximum absolute atomic E-state index is 6.38. The number of nitrogens with zero attached hydrogens (tertiary/aromatic N) is 2. The molecule has 0 saturated carbocycles. The van der Waals surface area contributed by atoms with Crippen molar-refractivity contribution in [1.82, 2.24) is 9.97 Å². The monoisotopic (exact) mass is 866 g/mol. The second-order valence-electron chi connectivity index (χ2n) is 17.6. The summed E-state index contributed by atoms with van der Waals surface area (Å²) in [5, 5.41) is 2.18. The normalized spacial score (nSPS) is 12.5. The summed E-state index contributed by atoms with van der Waals surface area (Å²) in [7, 11) is 0. The standard InChI is InChI=1S/C65H42N2O/c1-5-20-43(21-6-1)46-38-47(45-36-37-53-52-29-15-17-33-57(52)65(58(53)41-45,49-24-9-3-10-25-49)50-26-11-4-12-27-50)40-48(39-46)59-42-60(67-64(66-59)44-22-7-2-8-23-44)54-30-14-13-28-51(54)55-32-19-35-62-63(55)56-31-16-18-34-61(56)68-62/h1-42H. The Labute approximate surface area is 395 Å². The second-order valence-corrected chi connectivity index (χ2v) is 17.6. The average Bonchev–Trinajstić information content (AvgIpc) is 3.95. The van der Waals surface area contributed by atoms with Crippen molar-refractivity contribution in [3.05, 3.63) is 277 Å². The first-order chi connectivity index (χ1) is 33.7. The van der Waals surface area contributed by atoms with E-state index in [4.69, 9.17) is 14.4 Å². The Morgan fingerprint density at radius 3 is 1.56 bits per heavy atom. The zero-order chi connectivity index (χ0) is 45.0. The number of hydrogen-bond donors (Lipinski definition) is 0. The molecule has 0 bridgehead atoms. The zero-order valence-corrected chi connectivity index (χ0v) is 37.1. The molecule has 13 rings (SSSR count). The van der Waals surface area contributed by atoms with Gasteiger partial charge < -0.3 is 4.42 Å². The van der Waals surface area contributed by atoms with Gasteiger partial charge in [0.25, 0.3) is 0 Å². The van der Waals surface area contributed by atoms with Crippen LogP contribution < -0.4 is 0 Å². The highest BCUT2D eigenvalue weighted by Crippen LogP contribution is 2.57. The minimum atomic E-state index is -0.517. The first kappa shape index (κ1) is 39.4. The lowest BCUT2D eigenvalue weighted by Gasteiger charge is -2.34. The van der Waals surface area contributed by atoms with Crippen LogP contribution in [0.5, 0.6) is 0 Å². The van der Waals surface area contributed by atoms with Crippen LogP contribution in [0.15, 0.2) is 259 Å². The van der Waals surface area contributed by atoms with E-state index in [2.05, 4.69) is 237 Å². The molecule has 3 nitrogen and oxygen atoms in total. The number of fused-ring (bicyclic) bond motifs is 6. The Bertz CT molecular complexity index is 3800. The minimum Gasteiger partial charge on any atom is -0.456 e. The first-order valence-corrected chi connectivity index (χ1v) is 23.2. The molecule has 12 aromatic rings. The van der Waals surface area contributed by atoms with Crippen molar-refractivity contribution >= 4 is 21.9 Å². The number of aromatic nitrogens is 2. The number of para-hydroxylation sites is 1. The Morgan fingerprint density at radius 2 is 0.824 bits per heavy atom. The summed E-state index contributed by atoms with van der Waals surface area (Å²) in [6.07, 6.45) is 0. The SMILES string of the molecule is c1ccc(-c2cc(-c3ccc4c(c3)C(c3ccccc3)(c3ccccc3)c3ccccc3-4)cc(-c3cc(-c4ccccc4-c4cccc5oc6ccccc6c45)nc(-c4ccccc4)n3)c2)cc1.